The number of hydrogen-bond donors (Lipinski definition) is 4. The Morgan fingerprint density at radius 1 is 1.08 bits per heavy atom. The SMILES string of the molecule is C=C(C)[C@H]1Cc2c(ccc3c2O[C@@H]2COc4cc(OC)c(O[C@@H]5O[C@H](CO)[C@@H](O)[C@H](O)[C@@H]5O)cc4[C@@H]2C3=O)O1. The average Bonchev–Trinajstić information content (AvgIpc) is 3.38. The molecule has 11 nitrogen and oxygen atoms in total. The van der Waals surface area contributed by atoms with Gasteiger partial charge in [0.2, 0.25) is 6.29 Å². The molecule has 0 unspecified atom stereocenters. The molecule has 0 amide bonds. The highest BCUT2D eigenvalue weighted by Gasteiger charge is 2.47. The van der Waals surface area contributed by atoms with E-state index in [4.69, 9.17) is 28.4 Å². The molecule has 6 rings (SSSR count). The first kappa shape index (κ1) is 25.9. The number of ketones is 1. The van der Waals surface area contributed by atoms with E-state index >= 15 is 0 Å². The van der Waals surface area contributed by atoms with E-state index in [0.29, 0.717) is 34.8 Å². The van der Waals surface area contributed by atoms with Crippen molar-refractivity contribution in [2.24, 2.45) is 0 Å². The predicted octanol–water partition coefficient (Wildman–Crippen LogP) is 0.873. The summed E-state index contributed by atoms with van der Waals surface area (Å²) in [6, 6.07) is 6.62. The van der Waals surface area contributed by atoms with E-state index < -0.39 is 49.3 Å². The van der Waals surface area contributed by atoms with Gasteiger partial charge in [0, 0.05) is 23.6 Å². The normalized spacial score (nSPS) is 32.4. The molecule has 2 aromatic rings. The number of carbonyl (C=O) groups is 1. The summed E-state index contributed by atoms with van der Waals surface area (Å²) in [6.07, 6.45) is -7.57. The molecule has 1 fully saturated rings. The van der Waals surface area contributed by atoms with Crippen molar-refractivity contribution < 1.29 is 53.6 Å². The molecule has 4 heterocycles. The quantitative estimate of drug-likeness (QED) is 0.398. The minimum atomic E-state index is -1.62. The van der Waals surface area contributed by atoms with E-state index in [2.05, 4.69) is 6.58 Å². The van der Waals surface area contributed by atoms with Gasteiger partial charge in [-0.2, -0.15) is 0 Å². The van der Waals surface area contributed by atoms with Gasteiger partial charge in [-0.05, 0) is 30.7 Å². The molecule has 0 bridgehead atoms. The Balaban J connectivity index is 1.34. The number of methoxy groups -OCH3 is 1. The summed E-state index contributed by atoms with van der Waals surface area (Å²) in [5.41, 5.74) is 2.66. The molecule has 208 valence electrons. The summed E-state index contributed by atoms with van der Waals surface area (Å²) in [5, 5.41) is 40.2. The summed E-state index contributed by atoms with van der Waals surface area (Å²) in [7, 11) is 1.42. The molecule has 0 aliphatic carbocycles. The molecular formula is C28H30O11. The third-order valence-corrected chi connectivity index (χ3v) is 7.74. The molecule has 11 heteroatoms. The van der Waals surface area contributed by atoms with Crippen molar-refractivity contribution in [3.8, 4) is 28.7 Å². The maximum atomic E-state index is 13.9. The van der Waals surface area contributed by atoms with Gasteiger partial charge in [0.25, 0.3) is 0 Å². The number of aliphatic hydroxyl groups excluding tert-OH is 4. The van der Waals surface area contributed by atoms with Crippen LogP contribution in [0.2, 0.25) is 0 Å². The molecule has 0 radical (unpaired) electrons. The predicted molar refractivity (Wildman–Crippen MR) is 134 cm³/mol. The van der Waals surface area contributed by atoms with Crippen molar-refractivity contribution in [1.82, 2.24) is 0 Å². The molecule has 2 aromatic carbocycles. The Bertz CT molecular complexity index is 1320. The van der Waals surface area contributed by atoms with E-state index in [0.717, 1.165) is 11.1 Å². The zero-order chi connectivity index (χ0) is 27.6. The summed E-state index contributed by atoms with van der Waals surface area (Å²) in [5.74, 6) is 1.08. The molecule has 1 saturated heterocycles. The van der Waals surface area contributed by atoms with Crippen LogP contribution < -0.4 is 23.7 Å². The lowest BCUT2D eigenvalue weighted by Gasteiger charge is -2.40. The fourth-order valence-corrected chi connectivity index (χ4v) is 5.56. The van der Waals surface area contributed by atoms with Crippen LogP contribution in [0.1, 0.15) is 34.3 Å². The number of aliphatic hydroxyl groups is 4. The van der Waals surface area contributed by atoms with Crippen LogP contribution in [-0.4, -0.2) is 89.4 Å². The van der Waals surface area contributed by atoms with Crippen LogP contribution in [0.5, 0.6) is 28.7 Å². The van der Waals surface area contributed by atoms with Crippen molar-refractivity contribution >= 4 is 5.78 Å². The zero-order valence-electron chi connectivity index (χ0n) is 21.4. The van der Waals surface area contributed by atoms with Gasteiger partial charge in [-0.3, -0.25) is 4.79 Å². The fraction of sp³-hybridized carbons (Fsp3) is 0.464. The number of rotatable bonds is 5. The zero-order valence-corrected chi connectivity index (χ0v) is 21.4. The van der Waals surface area contributed by atoms with Gasteiger partial charge in [0.1, 0.15) is 60.5 Å². The van der Waals surface area contributed by atoms with Gasteiger partial charge < -0.3 is 48.8 Å². The molecule has 8 atom stereocenters. The smallest absolute Gasteiger partial charge is 0.229 e. The maximum Gasteiger partial charge on any atom is 0.229 e. The van der Waals surface area contributed by atoms with Gasteiger partial charge >= 0.3 is 0 Å². The summed E-state index contributed by atoms with van der Waals surface area (Å²) < 4.78 is 35.1. The first-order chi connectivity index (χ1) is 18.7. The summed E-state index contributed by atoms with van der Waals surface area (Å²) in [6.45, 7) is 5.42. The van der Waals surface area contributed by atoms with E-state index in [-0.39, 0.29) is 30.0 Å². The highest BCUT2D eigenvalue weighted by molar-refractivity contribution is 6.06. The van der Waals surface area contributed by atoms with Gasteiger partial charge in [0.15, 0.2) is 17.3 Å². The molecule has 39 heavy (non-hydrogen) atoms. The number of hydrogen-bond acceptors (Lipinski definition) is 11. The van der Waals surface area contributed by atoms with Gasteiger partial charge in [0.05, 0.1) is 25.2 Å². The van der Waals surface area contributed by atoms with Crippen LogP contribution in [0.3, 0.4) is 0 Å². The van der Waals surface area contributed by atoms with Crippen LogP contribution >= 0.6 is 0 Å². The summed E-state index contributed by atoms with van der Waals surface area (Å²) in [4.78, 5) is 13.9. The van der Waals surface area contributed by atoms with Crippen molar-refractivity contribution in [2.75, 3.05) is 20.3 Å². The third kappa shape index (κ3) is 4.12. The maximum absolute atomic E-state index is 13.9. The molecule has 4 aliphatic heterocycles. The van der Waals surface area contributed by atoms with E-state index in [1.54, 1.807) is 24.3 Å². The lowest BCUT2D eigenvalue weighted by molar-refractivity contribution is -0.277. The minimum Gasteiger partial charge on any atom is -0.493 e. The van der Waals surface area contributed by atoms with Crippen molar-refractivity contribution in [3.05, 3.63) is 53.1 Å². The molecule has 0 saturated carbocycles. The second-order valence-corrected chi connectivity index (χ2v) is 10.2. The highest BCUT2D eigenvalue weighted by atomic mass is 16.7. The Labute approximate surface area is 224 Å². The van der Waals surface area contributed by atoms with Crippen LogP contribution in [0.25, 0.3) is 0 Å². The fourth-order valence-electron chi connectivity index (χ4n) is 5.56. The van der Waals surface area contributed by atoms with Crippen molar-refractivity contribution in [1.29, 1.82) is 0 Å². The standard InChI is InChI=1S/C28H30O11/c1-11(2)16-7-14-15(36-16)5-4-12-23(30)22-13-6-19(38-28-26(33)25(32)24(31)20(9-29)39-28)18(34-3)8-17(13)35-10-21(22)37-27(12)14/h4-6,8,16,20-22,24-26,28-29,31-33H,1,7,9-10H2,2-3H3/t16-,20-,21-,22+,24-,25+,26+,28-/m1/s1. The van der Waals surface area contributed by atoms with Crippen LogP contribution in [-0.2, 0) is 11.2 Å². The van der Waals surface area contributed by atoms with E-state index in [1.165, 1.54) is 7.11 Å². The first-order valence-electron chi connectivity index (χ1n) is 12.7. The van der Waals surface area contributed by atoms with Crippen LogP contribution in [0.4, 0.5) is 0 Å². The minimum absolute atomic E-state index is 0.107. The van der Waals surface area contributed by atoms with Crippen LogP contribution in [0, 0.1) is 0 Å². The van der Waals surface area contributed by atoms with Crippen molar-refractivity contribution in [2.45, 2.75) is 62.2 Å². The second kappa shape index (κ2) is 9.68. The van der Waals surface area contributed by atoms with Crippen molar-refractivity contribution in [3.63, 3.8) is 0 Å². The number of Topliss-reactive ketones (excluding diaryl/α,β-unsaturated/α-hetero) is 1. The third-order valence-electron chi connectivity index (χ3n) is 7.74. The monoisotopic (exact) mass is 542 g/mol. The molecule has 4 aliphatic rings. The van der Waals surface area contributed by atoms with E-state index in [9.17, 15) is 25.2 Å². The number of fused-ring (bicyclic) bond motifs is 6. The lowest BCUT2D eigenvalue weighted by atomic mass is 9.81. The van der Waals surface area contributed by atoms with Crippen LogP contribution in [0.15, 0.2) is 36.4 Å². The highest BCUT2D eigenvalue weighted by Crippen LogP contribution is 2.50. The molecular weight excluding hydrogens is 512 g/mol. The lowest BCUT2D eigenvalue weighted by Crippen LogP contribution is -2.60. The van der Waals surface area contributed by atoms with E-state index in [1.807, 2.05) is 6.92 Å². The van der Waals surface area contributed by atoms with Gasteiger partial charge in [-0.25, -0.2) is 0 Å². The largest absolute Gasteiger partial charge is 0.493 e. The summed E-state index contributed by atoms with van der Waals surface area (Å²) >= 11 is 0. The first-order valence-corrected chi connectivity index (χ1v) is 12.7. The number of ether oxygens (including phenoxy) is 6. The second-order valence-electron chi connectivity index (χ2n) is 10.2. The Morgan fingerprint density at radius 2 is 1.87 bits per heavy atom. The number of benzene rings is 2. The van der Waals surface area contributed by atoms with Gasteiger partial charge in [-0.15, -0.1) is 0 Å². The topological polar surface area (TPSA) is 153 Å². The van der Waals surface area contributed by atoms with Gasteiger partial charge in [-0.1, -0.05) is 6.58 Å². The molecule has 0 spiro atoms. The Hall–Kier alpha value is -3.35. The molecule has 4 N–H and O–H groups in total. The average molecular weight is 543 g/mol. The Morgan fingerprint density at radius 3 is 2.59 bits per heavy atom. The Kier molecular flexibility index (Phi) is 6.43. The number of carbonyl (C=O) groups excluding carboxylic acids is 1. The molecule has 0 aromatic heterocycles.